The average Bonchev–Trinajstić information content (AvgIpc) is 3.30. The Morgan fingerprint density at radius 3 is 2.50 bits per heavy atom. The van der Waals surface area contributed by atoms with Crippen LogP contribution < -0.4 is 15.4 Å². The van der Waals surface area contributed by atoms with Crippen LogP contribution in [0.4, 0.5) is 0 Å². The van der Waals surface area contributed by atoms with Crippen molar-refractivity contribution in [2.24, 2.45) is 0 Å². The molecule has 8 nitrogen and oxygen atoms in total. The second-order valence-corrected chi connectivity index (χ2v) is 6.73. The molecule has 1 heterocycles. The number of hydrogen-bond acceptors (Lipinski definition) is 5. The SMILES string of the molecule is COc1ccc2cc(CN(C)C(=O)CNC(=O)CNC(=O)c3ccco3)ccc2c1. The number of carbonyl (C=O) groups excluding carboxylic acids is 3. The van der Waals surface area contributed by atoms with Gasteiger partial charge in [-0.3, -0.25) is 14.4 Å². The second kappa shape index (κ2) is 9.60. The highest BCUT2D eigenvalue weighted by Crippen LogP contribution is 2.22. The smallest absolute Gasteiger partial charge is 0.287 e. The van der Waals surface area contributed by atoms with Gasteiger partial charge in [0.25, 0.3) is 5.91 Å². The molecule has 3 rings (SSSR count). The zero-order valence-electron chi connectivity index (χ0n) is 16.8. The normalized spacial score (nSPS) is 10.5. The molecule has 3 aromatic rings. The molecule has 0 bridgehead atoms. The van der Waals surface area contributed by atoms with Crippen LogP contribution in [-0.2, 0) is 16.1 Å². The number of nitrogens with one attached hydrogen (secondary N) is 2. The number of benzene rings is 2. The summed E-state index contributed by atoms with van der Waals surface area (Å²) in [5.74, 6) is -0.287. The van der Waals surface area contributed by atoms with E-state index in [9.17, 15) is 14.4 Å². The molecular weight excluding hydrogens is 386 g/mol. The molecule has 0 atom stereocenters. The molecule has 0 spiro atoms. The molecule has 3 amide bonds. The summed E-state index contributed by atoms with van der Waals surface area (Å²) in [6.45, 7) is 0.00725. The van der Waals surface area contributed by atoms with Gasteiger partial charge in [-0.25, -0.2) is 0 Å². The van der Waals surface area contributed by atoms with Gasteiger partial charge in [-0.2, -0.15) is 0 Å². The van der Waals surface area contributed by atoms with Crippen molar-refractivity contribution in [1.29, 1.82) is 0 Å². The van der Waals surface area contributed by atoms with Gasteiger partial charge in [0.1, 0.15) is 5.75 Å². The zero-order chi connectivity index (χ0) is 21.5. The summed E-state index contributed by atoms with van der Waals surface area (Å²) in [4.78, 5) is 37.4. The number of rotatable bonds is 8. The molecular formula is C22H23N3O5. The molecule has 0 aliphatic carbocycles. The van der Waals surface area contributed by atoms with Crippen molar-refractivity contribution in [2.75, 3.05) is 27.2 Å². The van der Waals surface area contributed by atoms with Crippen molar-refractivity contribution in [2.45, 2.75) is 6.54 Å². The van der Waals surface area contributed by atoms with E-state index < -0.39 is 11.8 Å². The van der Waals surface area contributed by atoms with Gasteiger partial charge in [-0.05, 0) is 46.7 Å². The van der Waals surface area contributed by atoms with Crippen LogP contribution in [0.2, 0.25) is 0 Å². The van der Waals surface area contributed by atoms with Crippen LogP contribution in [0.3, 0.4) is 0 Å². The predicted octanol–water partition coefficient (Wildman–Crippen LogP) is 1.95. The Morgan fingerprint density at radius 1 is 1.00 bits per heavy atom. The lowest BCUT2D eigenvalue weighted by atomic mass is 10.1. The fraction of sp³-hybridized carbons (Fsp3) is 0.227. The van der Waals surface area contributed by atoms with Crippen LogP contribution >= 0.6 is 0 Å². The first-order valence-corrected chi connectivity index (χ1v) is 9.35. The highest BCUT2D eigenvalue weighted by molar-refractivity contribution is 5.94. The Morgan fingerprint density at radius 2 is 1.77 bits per heavy atom. The van der Waals surface area contributed by atoms with Gasteiger partial charge in [0, 0.05) is 13.6 Å². The zero-order valence-corrected chi connectivity index (χ0v) is 16.8. The first kappa shape index (κ1) is 20.9. The van der Waals surface area contributed by atoms with Crippen molar-refractivity contribution >= 4 is 28.5 Å². The van der Waals surface area contributed by atoms with Gasteiger partial charge in [0.05, 0.1) is 26.5 Å². The Labute approximate surface area is 173 Å². The Bertz CT molecular complexity index is 1050. The molecule has 0 aliphatic rings. The molecule has 8 heteroatoms. The molecule has 0 radical (unpaired) electrons. The van der Waals surface area contributed by atoms with Gasteiger partial charge in [0.2, 0.25) is 11.8 Å². The van der Waals surface area contributed by atoms with Gasteiger partial charge >= 0.3 is 0 Å². The molecule has 0 saturated heterocycles. The monoisotopic (exact) mass is 409 g/mol. The Balaban J connectivity index is 1.46. The standard InChI is InChI=1S/C22H23N3O5/c1-25(14-15-5-6-17-11-18(29-2)8-7-16(17)10-15)21(27)13-23-20(26)12-24-22(28)19-4-3-9-30-19/h3-11H,12-14H2,1-2H3,(H,23,26)(H,24,28). The molecule has 2 N–H and O–H groups in total. The predicted molar refractivity (Wildman–Crippen MR) is 111 cm³/mol. The van der Waals surface area contributed by atoms with Crippen LogP contribution in [-0.4, -0.2) is 49.9 Å². The number of methoxy groups -OCH3 is 1. The third-order valence-electron chi connectivity index (χ3n) is 4.55. The number of ether oxygens (including phenoxy) is 1. The topological polar surface area (TPSA) is 101 Å². The molecule has 156 valence electrons. The van der Waals surface area contributed by atoms with Gasteiger partial charge < -0.3 is 24.7 Å². The van der Waals surface area contributed by atoms with Crippen LogP contribution in [0.25, 0.3) is 10.8 Å². The molecule has 30 heavy (non-hydrogen) atoms. The van der Waals surface area contributed by atoms with Crippen molar-refractivity contribution < 1.29 is 23.5 Å². The van der Waals surface area contributed by atoms with Gasteiger partial charge in [-0.1, -0.05) is 18.2 Å². The molecule has 1 aromatic heterocycles. The van der Waals surface area contributed by atoms with E-state index in [0.717, 1.165) is 22.1 Å². The van der Waals surface area contributed by atoms with Crippen molar-refractivity contribution in [1.82, 2.24) is 15.5 Å². The fourth-order valence-electron chi connectivity index (χ4n) is 2.89. The molecule has 0 aliphatic heterocycles. The van der Waals surface area contributed by atoms with Crippen molar-refractivity contribution in [3.63, 3.8) is 0 Å². The lowest BCUT2D eigenvalue weighted by molar-refractivity contribution is -0.132. The molecule has 0 fully saturated rings. The number of amides is 3. The molecule has 0 saturated carbocycles. The summed E-state index contributed by atoms with van der Waals surface area (Å²) in [7, 11) is 3.30. The van der Waals surface area contributed by atoms with E-state index in [1.54, 1.807) is 20.2 Å². The first-order valence-electron chi connectivity index (χ1n) is 9.35. The van der Waals surface area contributed by atoms with Crippen molar-refractivity contribution in [3.8, 4) is 5.75 Å². The van der Waals surface area contributed by atoms with E-state index in [0.29, 0.717) is 6.54 Å². The van der Waals surface area contributed by atoms with Gasteiger partial charge in [-0.15, -0.1) is 0 Å². The highest BCUT2D eigenvalue weighted by atomic mass is 16.5. The fourth-order valence-corrected chi connectivity index (χ4v) is 2.89. The second-order valence-electron chi connectivity index (χ2n) is 6.73. The Kier molecular flexibility index (Phi) is 6.69. The third kappa shape index (κ3) is 5.38. The first-order chi connectivity index (χ1) is 14.5. The third-order valence-corrected chi connectivity index (χ3v) is 4.55. The molecule has 0 unspecified atom stereocenters. The maximum absolute atomic E-state index is 12.3. The number of hydrogen-bond donors (Lipinski definition) is 2. The Hall–Kier alpha value is -3.81. The number of likely N-dealkylation sites (N-methyl/N-ethyl adjacent to an activating group) is 1. The number of fused-ring (bicyclic) bond motifs is 1. The van der Waals surface area contributed by atoms with Crippen LogP contribution in [0.5, 0.6) is 5.75 Å². The van der Waals surface area contributed by atoms with E-state index in [-0.39, 0.29) is 24.8 Å². The van der Waals surface area contributed by atoms with E-state index >= 15 is 0 Å². The number of carbonyl (C=O) groups is 3. The average molecular weight is 409 g/mol. The van der Waals surface area contributed by atoms with Gasteiger partial charge in [0.15, 0.2) is 5.76 Å². The van der Waals surface area contributed by atoms with Crippen LogP contribution in [0.1, 0.15) is 16.1 Å². The summed E-state index contributed by atoms with van der Waals surface area (Å²) in [6.07, 6.45) is 1.37. The summed E-state index contributed by atoms with van der Waals surface area (Å²) >= 11 is 0. The maximum Gasteiger partial charge on any atom is 0.287 e. The highest BCUT2D eigenvalue weighted by Gasteiger charge is 2.13. The minimum Gasteiger partial charge on any atom is -0.497 e. The minimum absolute atomic E-state index is 0.118. The lowest BCUT2D eigenvalue weighted by Gasteiger charge is -2.18. The summed E-state index contributed by atoms with van der Waals surface area (Å²) in [5.41, 5.74) is 0.973. The molecule has 2 aromatic carbocycles. The van der Waals surface area contributed by atoms with E-state index in [1.165, 1.54) is 17.2 Å². The maximum atomic E-state index is 12.3. The summed E-state index contributed by atoms with van der Waals surface area (Å²) in [6, 6.07) is 14.8. The lowest BCUT2D eigenvalue weighted by Crippen LogP contribution is -2.42. The largest absolute Gasteiger partial charge is 0.497 e. The van der Waals surface area contributed by atoms with E-state index in [4.69, 9.17) is 9.15 Å². The quantitative estimate of drug-likeness (QED) is 0.592. The minimum atomic E-state index is -0.493. The van der Waals surface area contributed by atoms with E-state index in [1.807, 2.05) is 36.4 Å². The van der Waals surface area contributed by atoms with Crippen LogP contribution in [0, 0.1) is 0 Å². The van der Waals surface area contributed by atoms with E-state index in [2.05, 4.69) is 10.6 Å². The summed E-state index contributed by atoms with van der Waals surface area (Å²) in [5, 5.41) is 7.03. The van der Waals surface area contributed by atoms with Crippen molar-refractivity contribution in [3.05, 3.63) is 66.1 Å². The number of nitrogens with zero attached hydrogens (tertiary/aromatic N) is 1. The summed E-state index contributed by atoms with van der Waals surface area (Å²) < 4.78 is 10.2. The number of furan rings is 1. The van der Waals surface area contributed by atoms with Crippen LogP contribution in [0.15, 0.2) is 59.2 Å².